The number of aliphatic hydroxyl groups excluding tert-OH is 2. The molecule has 10 fully saturated rings. The maximum Gasteiger partial charge on any atom is 0.150 e. The van der Waals surface area contributed by atoms with Gasteiger partial charge in [-0.15, -0.1) is 0 Å². The van der Waals surface area contributed by atoms with E-state index < -0.39 is 11.2 Å². The number of nitrogens with zero attached hydrogens (tertiary/aromatic N) is 1. The van der Waals surface area contributed by atoms with Crippen LogP contribution in [0.4, 0.5) is 0 Å². The molecule has 10 aliphatic rings. The molecule has 0 bridgehead atoms. The number of fused-ring (bicyclic) bond motifs is 10. The van der Waals surface area contributed by atoms with Crippen molar-refractivity contribution < 1.29 is 30.0 Å². The van der Waals surface area contributed by atoms with E-state index in [0.29, 0.717) is 35.9 Å². The predicted molar refractivity (Wildman–Crippen MR) is 246 cm³/mol. The van der Waals surface area contributed by atoms with Gasteiger partial charge in [0.1, 0.15) is 11.6 Å². The van der Waals surface area contributed by atoms with E-state index in [0.717, 1.165) is 143 Å². The van der Waals surface area contributed by atoms with Crippen molar-refractivity contribution in [3.8, 4) is 0 Å². The highest BCUT2D eigenvalue weighted by Gasteiger charge is 2.60. The maximum atomic E-state index is 13.4. The number of hydrogen-bond donors (Lipinski definition) is 5. The molecule has 18 atom stereocenters. The van der Waals surface area contributed by atoms with Crippen molar-refractivity contribution >= 4 is 27.5 Å². The van der Waals surface area contributed by atoms with E-state index in [-0.39, 0.29) is 29.0 Å². The molecular formula is C52H87BrN2O6. The fourth-order valence-corrected chi connectivity index (χ4v) is 18.0. The first kappa shape index (κ1) is 47.1. The van der Waals surface area contributed by atoms with Crippen LogP contribution in [0.25, 0.3) is 0 Å². The average molecular weight is 916 g/mol. The lowest BCUT2D eigenvalue weighted by Crippen LogP contribution is -2.51. The Balaban J connectivity index is 0.000000148. The molecule has 0 amide bonds. The third kappa shape index (κ3) is 9.85. The molecule has 348 valence electrons. The van der Waals surface area contributed by atoms with Crippen LogP contribution in [-0.4, -0.2) is 98.4 Å². The van der Waals surface area contributed by atoms with Gasteiger partial charge in [-0.05, 0) is 238 Å². The third-order valence-electron chi connectivity index (χ3n) is 20.5. The molecule has 10 rings (SSSR count). The molecule has 2 unspecified atom stereocenters. The summed E-state index contributed by atoms with van der Waals surface area (Å²) in [5.74, 6) is 9.43. The maximum absolute atomic E-state index is 13.4. The van der Waals surface area contributed by atoms with Crippen molar-refractivity contribution in [3.05, 3.63) is 0 Å². The standard InChI is InChI=1S/C26H43NO3.C21H33BrO2.C5H11NO/c1-25(30)11-9-19-17(14-25)5-6-21-20(19)10-12-26(2)22(21)7-8-23(26)24(29)16-27-13-3-4-18(28)15-27;1-20(24)9-7-14-13(11-20)3-4-16-15(14)8-10-21(2)17(16)5-6-18(21)19(23)12-22;7-5-2-1-3-6-4-5/h17-23,28,30H,3-16H2,1-2H3;13-18,24H,3-12H2,1-2H3;5-7H,1-4H2/t17-,18?,19+,20-,21-,22+,23-,25-,26+;13-,14+,15-,16-,17+,18-,20-,21+;/m11./s1. The van der Waals surface area contributed by atoms with E-state index in [9.17, 15) is 24.9 Å². The largest absolute Gasteiger partial charge is 0.392 e. The molecule has 0 radical (unpaired) electrons. The van der Waals surface area contributed by atoms with E-state index >= 15 is 0 Å². The Labute approximate surface area is 378 Å². The first-order valence-electron chi connectivity index (χ1n) is 25.9. The van der Waals surface area contributed by atoms with Crippen LogP contribution in [0.3, 0.4) is 0 Å². The molecule has 5 N–H and O–H groups in total. The summed E-state index contributed by atoms with van der Waals surface area (Å²) in [7, 11) is 0. The van der Waals surface area contributed by atoms with Gasteiger partial charge in [-0.25, -0.2) is 0 Å². The molecule has 8 nitrogen and oxygen atoms in total. The van der Waals surface area contributed by atoms with Crippen LogP contribution in [0.2, 0.25) is 0 Å². The van der Waals surface area contributed by atoms with Gasteiger partial charge in [-0.1, -0.05) is 29.8 Å². The SMILES string of the molecule is C[C@@]1(O)CC[C@H]2[C@H](CC[C@@H]3[C@@H]2CC[C@]2(C)[C@@H](C(=O)CBr)CC[C@@H]32)C1.C[C@@]1(O)CC[C@H]2[C@H](CC[C@@H]3[C@@H]2CC[C@]2(C)[C@@H](C(=O)CN4CCCC(O)C4)CC[C@@H]32)C1.OC1CCCNC1. The summed E-state index contributed by atoms with van der Waals surface area (Å²) >= 11 is 3.42. The number of rotatable bonds is 5. The number of Topliss-reactive ketones (excluding diaryl/α,β-unsaturated/α-hetero) is 2. The molecule has 2 aliphatic heterocycles. The van der Waals surface area contributed by atoms with E-state index in [1.54, 1.807) is 0 Å². The quantitative estimate of drug-likeness (QED) is 0.173. The van der Waals surface area contributed by atoms with E-state index in [1.165, 1.54) is 77.0 Å². The Bertz CT molecular complexity index is 1520. The van der Waals surface area contributed by atoms with Gasteiger partial charge in [-0.3, -0.25) is 14.5 Å². The summed E-state index contributed by atoms with van der Waals surface area (Å²) in [6, 6.07) is 0. The Hall–Kier alpha value is -0.420. The lowest BCUT2D eigenvalue weighted by Gasteiger charge is -2.57. The Morgan fingerprint density at radius 1 is 0.590 bits per heavy atom. The summed E-state index contributed by atoms with van der Waals surface area (Å²) in [4.78, 5) is 28.1. The fourth-order valence-electron chi connectivity index (χ4n) is 17.7. The molecule has 2 heterocycles. The summed E-state index contributed by atoms with van der Waals surface area (Å²) < 4.78 is 0. The smallest absolute Gasteiger partial charge is 0.150 e. The minimum absolute atomic E-state index is 0.0752. The second-order valence-corrected chi connectivity index (χ2v) is 24.9. The summed E-state index contributed by atoms with van der Waals surface area (Å²) in [6.45, 7) is 13.0. The van der Waals surface area contributed by atoms with Crippen molar-refractivity contribution in [2.24, 2.45) is 81.8 Å². The van der Waals surface area contributed by atoms with Gasteiger partial charge in [0.05, 0.1) is 35.3 Å². The monoisotopic (exact) mass is 915 g/mol. The molecule has 8 aliphatic carbocycles. The normalized spacial score (nSPS) is 50.4. The van der Waals surface area contributed by atoms with Crippen LogP contribution in [0.1, 0.15) is 169 Å². The third-order valence-corrected chi connectivity index (χ3v) is 21.1. The highest BCUT2D eigenvalue weighted by molar-refractivity contribution is 9.09. The zero-order chi connectivity index (χ0) is 43.3. The summed E-state index contributed by atoms with van der Waals surface area (Å²) in [6.07, 6.45) is 25.2. The molecule has 9 heteroatoms. The van der Waals surface area contributed by atoms with Gasteiger partial charge in [0.25, 0.3) is 0 Å². The molecule has 2 saturated heterocycles. The molecule has 61 heavy (non-hydrogen) atoms. The first-order valence-corrected chi connectivity index (χ1v) is 27.0. The first-order chi connectivity index (χ1) is 29.0. The van der Waals surface area contributed by atoms with E-state index in [4.69, 9.17) is 5.11 Å². The van der Waals surface area contributed by atoms with Crippen molar-refractivity contribution in [1.29, 1.82) is 0 Å². The Morgan fingerprint density at radius 3 is 1.56 bits per heavy atom. The number of piperidine rings is 2. The van der Waals surface area contributed by atoms with Crippen LogP contribution < -0.4 is 5.32 Å². The minimum Gasteiger partial charge on any atom is -0.392 e. The lowest BCUT2D eigenvalue weighted by molar-refractivity contribution is -0.134. The van der Waals surface area contributed by atoms with Crippen LogP contribution in [0, 0.1) is 81.8 Å². The van der Waals surface area contributed by atoms with Crippen LogP contribution >= 0.6 is 15.9 Å². The second kappa shape index (κ2) is 19.1. The summed E-state index contributed by atoms with van der Waals surface area (Å²) in [5.41, 5.74) is -0.402. The lowest BCUT2D eigenvalue weighted by atomic mass is 9.49. The molecule has 0 aromatic rings. The van der Waals surface area contributed by atoms with Gasteiger partial charge >= 0.3 is 0 Å². The Kier molecular flexibility index (Phi) is 14.7. The van der Waals surface area contributed by atoms with Gasteiger partial charge < -0.3 is 25.7 Å². The van der Waals surface area contributed by atoms with E-state index in [1.807, 2.05) is 13.8 Å². The number of carbonyl (C=O) groups excluding carboxylic acids is 2. The predicted octanol–water partition coefficient (Wildman–Crippen LogP) is 8.73. The van der Waals surface area contributed by atoms with Gasteiger partial charge in [-0.2, -0.15) is 0 Å². The van der Waals surface area contributed by atoms with Crippen molar-refractivity contribution in [3.63, 3.8) is 0 Å². The van der Waals surface area contributed by atoms with Gasteiger partial charge in [0.15, 0.2) is 0 Å². The highest BCUT2D eigenvalue weighted by Crippen LogP contribution is 2.66. The number of ketones is 2. The number of carbonyl (C=O) groups is 2. The zero-order valence-electron chi connectivity index (χ0n) is 38.8. The molecule has 0 aromatic heterocycles. The number of halogens is 1. The number of aliphatic hydroxyl groups is 4. The topological polar surface area (TPSA) is 130 Å². The van der Waals surface area contributed by atoms with Crippen molar-refractivity contribution in [2.75, 3.05) is 38.1 Å². The second-order valence-electron chi connectivity index (χ2n) is 24.3. The van der Waals surface area contributed by atoms with Crippen molar-refractivity contribution in [1.82, 2.24) is 10.2 Å². The van der Waals surface area contributed by atoms with Gasteiger partial charge in [0, 0.05) is 24.9 Å². The molecule has 0 spiro atoms. The zero-order valence-corrected chi connectivity index (χ0v) is 40.4. The van der Waals surface area contributed by atoms with Crippen LogP contribution in [-0.2, 0) is 9.59 Å². The average Bonchev–Trinajstić information content (AvgIpc) is 3.77. The number of alkyl halides is 1. The van der Waals surface area contributed by atoms with Gasteiger partial charge in [0.2, 0.25) is 0 Å². The number of likely N-dealkylation sites (tertiary alicyclic amines) is 1. The van der Waals surface area contributed by atoms with Crippen molar-refractivity contribution in [2.45, 2.75) is 192 Å². The molecule has 8 saturated carbocycles. The highest BCUT2D eigenvalue weighted by atomic mass is 79.9. The number of β-amino-alcohol motifs (C(OH)–C–C–N with tert-alkyl or cyclic N) is 2. The van der Waals surface area contributed by atoms with Crippen LogP contribution in [0.15, 0.2) is 0 Å². The number of hydrogen-bond acceptors (Lipinski definition) is 8. The fraction of sp³-hybridized carbons (Fsp3) is 0.962. The molecular weight excluding hydrogens is 828 g/mol. The Morgan fingerprint density at radius 2 is 1.10 bits per heavy atom. The summed E-state index contributed by atoms with van der Waals surface area (Å²) in [5, 5.41) is 43.5. The van der Waals surface area contributed by atoms with Crippen LogP contribution in [0.5, 0.6) is 0 Å². The molecule has 0 aromatic carbocycles. The van der Waals surface area contributed by atoms with E-state index in [2.05, 4.69) is 40.0 Å². The number of nitrogens with one attached hydrogen (secondary N) is 1. The minimum atomic E-state index is -0.440.